The summed E-state index contributed by atoms with van der Waals surface area (Å²) in [6.45, 7) is 4.16. The van der Waals surface area contributed by atoms with Crippen molar-refractivity contribution in [2.24, 2.45) is 0 Å². The molecule has 1 unspecified atom stereocenters. The van der Waals surface area contributed by atoms with Crippen LogP contribution in [0.3, 0.4) is 0 Å². The summed E-state index contributed by atoms with van der Waals surface area (Å²) in [5, 5.41) is 12.8. The molecule has 0 radical (unpaired) electrons. The molecule has 0 aliphatic rings. The second-order valence-corrected chi connectivity index (χ2v) is 4.72. The largest absolute Gasteiger partial charge is 0.387 e. The summed E-state index contributed by atoms with van der Waals surface area (Å²) in [6, 6.07) is 0. The zero-order valence-corrected chi connectivity index (χ0v) is 9.81. The maximum absolute atomic E-state index is 9.78. The Kier molecular flexibility index (Phi) is 5.12. The molecule has 0 saturated heterocycles. The van der Waals surface area contributed by atoms with Crippen molar-refractivity contribution in [3.63, 3.8) is 0 Å². The van der Waals surface area contributed by atoms with E-state index in [9.17, 15) is 5.11 Å². The Morgan fingerprint density at radius 2 is 2.21 bits per heavy atom. The van der Waals surface area contributed by atoms with Crippen molar-refractivity contribution < 1.29 is 5.11 Å². The van der Waals surface area contributed by atoms with Gasteiger partial charge in [-0.3, -0.25) is 0 Å². The zero-order chi connectivity index (χ0) is 10.4. The van der Waals surface area contributed by atoms with E-state index in [1.54, 1.807) is 11.3 Å². The summed E-state index contributed by atoms with van der Waals surface area (Å²) >= 11 is 1.61. The lowest BCUT2D eigenvalue weighted by Crippen LogP contribution is -1.97. The highest BCUT2D eigenvalue weighted by atomic mass is 32.1. The predicted molar refractivity (Wildman–Crippen MR) is 60.6 cm³/mol. The van der Waals surface area contributed by atoms with E-state index in [1.807, 2.05) is 12.3 Å². The van der Waals surface area contributed by atoms with Crippen LogP contribution < -0.4 is 0 Å². The Morgan fingerprint density at radius 3 is 2.79 bits per heavy atom. The fourth-order valence-electron chi connectivity index (χ4n) is 1.45. The van der Waals surface area contributed by atoms with E-state index < -0.39 is 0 Å². The van der Waals surface area contributed by atoms with Crippen LogP contribution in [-0.4, -0.2) is 10.1 Å². The van der Waals surface area contributed by atoms with Crippen LogP contribution in [0.5, 0.6) is 0 Å². The van der Waals surface area contributed by atoms with E-state index in [1.165, 1.54) is 19.3 Å². The predicted octanol–water partition coefficient (Wildman–Crippen LogP) is 3.46. The monoisotopic (exact) mass is 213 g/mol. The van der Waals surface area contributed by atoms with Crippen LogP contribution in [0.4, 0.5) is 0 Å². The van der Waals surface area contributed by atoms with Gasteiger partial charge in [-0.15, -0.1) is 11.3 Å². The molecule has 0 saturated carbocycles. The molecule has 1 rings (SSSR count). The highest BCUT2D eigenvalue weighted by molar-refractivity contribution is 7.09. The Hall–Kier alpha value is -0.410. The second-order valence-electron chi connectivity index (χ2n) is 3.66. The third-order valence-corrected chi connectivity index (χ3v) is 3.10. The number of thiazole rings is 1. The molecular formula is C11H19NOS. The lowest BCUT2D eigenvalue weighted by molar-refractivity contribution is 0.159. The quantitative estimate of drug-likeness (QED) is 0.734. The van der Waals surface area contributed by atoms with E-state index in [2.05, 4.69) is 11.9 Å². The van der Waals surface area contributed by atoms with E-state index >= 15 is 0 Å². The average Bonchev–Trinajstić information content (AvgIpc) is 2.59. The van der Waals surface area contributed by atoms with Gasteiger partial charge in [-0.25, -0.2) is 4.98 Å². The highest BCUT2D eigenvalue weighted by Gasteiger charge is 2.09. The van der Waals surface area contributed by atoms with Gasteiger partial charge in [0.05, 0.1) is 16.8 Å². The van der Waals surface area contributed by atoms with Gasteiger partial charge >= 0.3 is 0 Å². The molecule has 0 bridgehead atoms. The maximum Gasteiger partial charge on any atom is 0.0968 e. The van der Waals surface area contributed by atoms with Crippen LogP contribution in [-0.2, 0) is 0 Å². The molecule has 1 heterocycles. The summed E-state index contributed by atoms with van der Waals surface area (Å²) in [7, 11) is 0. The minimum Gasteiger partial charge on any atom is -0.387 e. The summed E-state index contributed by atoms with van der Waals surface area (Å²) in [5.74, 6) is 0. The van der Waals surface area contributed by atoms with E-state index in [-0.39, 0.29) is 6.10 Å². The molecule has 0 aliphatic heterocycles. The van der Waals surface area contributed by atoms with Gasteiger partial charge in [0, 0.05) is 5.38 Å². The second kappa shape index (κ2) is 6.14. The van der Waals surface area contributed by atoms with Gasteiger partial charge in [-0.2, -0.15) is 0 Å². The van der Waals surface area contributed by atoms with Crippen LogP contribution in [0.15, 0.2) is 5.38 Å². The Labute approximate surface area is 90.0 Å². The number of unbranched alkanes of at least 4 members (excludes halogenated alkanes) is 3. The minimum absolute atomic E-state index is 0.350. The lowest BCUT2D eigenvalue weighted by Gasteiger charge is -2.06. The summed E-state index contributed by atoms with van der Waals surface area (Å²) in [6.07, 6.45) is 5.33. The Morgan fingerprint density at radius 1 is 1.43 bits per heavy atom. The third-order valence-electron chi connectivity index (χ3n) is 2.31. The Bertz CT molecular complexity index is 260. The molecule has 0 fully saturated rings. The van der Waals surface area contributed by atoms with Gasteiger partial charge in [0.1, 0.15) is 0 Å². The molecule has 0 aromatic carbocycles. The topological polar surface area (TPSA) is 33.1 Å². The molecule has 2 nitrogen and oxygen atoms in total. The fourth-order valence-corrected chi connectivity index (χ4v) is 2.10. The molecule has 1 N–H and O–H groups in total. The number of hydrogen-bond donors (Lipinski definition) is 1. The van der Waals surface area contributed by atoms with Crippen molar-refractivity contribution in [3.05, 3.63) is 16.1 Å². The van der Waals surface area contributed by atoms with Crippen molar-refractivity contribution in [2.45, 2.75) is 52.1 Å². The highest BCUT2D eigenvalue weighted by Crippen LogP contribution is 2.21. The normalized spacial score (nSPS) is 13.1. The van der Waals surface area contributed by atoms with Crippen LogP contribution in [0.2, 0.25) is 0 Å². The first-order valence-electron chi connectivity index (χ1n) is 5.34. The first kappa shape index (κ1) is 11.7. The van der Waals surface area contributed by atoms with E-state index in [0.29, 0.717) is 0 Å². The van der Waals surface area contributed by atoms with Gasteiger partial charge in [0.15, 0.2) is 0 Å². The number of nitrogens with zero attached hydrogens (tertiary/aromatic N) is 1. The van der Waals surface area contributed by atoms with Crippen molar-refractivity contribution in [1.82, 2.24) is 4.98 Å². The van der Waals surface area contributed by atoms with Crippen LogP contribution in [0.1, 0.15) is 55.8 Å². The van der Waals surface area contributed by atoms with Crippen LogP contribution >= 0.6 is 11.3 Å². The van der Waals surface area contributed by atoms with Gasteiger partial charge in [-0.1, -0.05) is 32.6 Å². The third kappa shape index (κ3) is 3.76. The summed E-state index contributed by atoms with van der Waals surface area (Å²) in [4.78, 5) is 4.28. The zero-order valence-electron chi connectivity index (χ0n) is 8.99. The number of aliphatic hydroxyl groups excluding tert-OH is 1. The Balaban J connectivity index is 2.25. The molecule has 3 heteroatoms. The van der Waals surface area contributed by atoms with Crippen molar-refractivity contribution in [2.75, 3.05) is 0 Å². The van der Waals surface area contributed by atoms with Crippen molar-refractivity contribution >= 4 is 11.3 Å². The maximum atomic E-state index is 9.78. The molecule has 1 aromatic heterocycles. The standard InChI is InChI=1S/C11H19NOS/c1-3-4-5-6-7-11(13)10-8-14-9(2)12-10/h8,11,13H,3-7H2,1-2H3. The first-order chi connectivity index (χ1) is 6.74. The smallest absolute Gasteiger partial charge is 0.0968 e. The molecule has 14 heavy (non-hydrogen) atoms. The first-order valence-corrected chi connectivity index (χ1v) is 6.22. The number of hydrogen-bond acceptors (Lipinski definition) is 3. The van der Waals surface area contributed by atoms with Crippen molar-refractivity contribution in [1.29, 1.82) is 0 Å². The molecule has 0 aliphatic carbocycles. The number of rotatable bonds is 6. The minimum atomic E-state index is -0.350. The number of aromatic nitrogens is 1. The average molecular weight is 213 g/mol. The summed E-state index contributed by atoms with van der Waals surface area (Å²) in [5.41, 5.74) is 0.851. The van der Waals surface area contributed by atoms with Crippen LogP contribution in [0.25, 0.3) is 0 Å². The number of aliphatic hydroxyl groups is 1. The molecule has 1 aromatic rings. The van der Waals surface area contributed by atoms with Crippen molar-refractivity contribution in [3.8, 4) is 0 Å². The summed E-state index contributed by atoms with van der Waals surface area (Å²) < 4.78 is 0. The molecule has 0 amide bonds. The molecular weight excluding hydrogens is 194 g/mol. The fraction of sp³-hybridized carbons (Fsp3) is 0.727. The lowest BCUT2D eigenvalue weighted by atomic mass is 10.1. The van der Waals surface area contributed by atoms with Gasteiger partial charge in [-0.05, 0) is 13.3 Å². The number of aryl methyl sites for hydroxylation is 1. The van der Waals surface area contributed by atoms with E-state index in [4.69, 9.17) is 0 Å². The molecule has 0 spiro atoms. The van der Waals surface area contributed by atoms with Gasteiger partial charge in [0.2, 0.25) is 0 Å². The SMILES string of the molecule is CCCCCCC(O)c1csc(C)n1. The molecule has 80 valence electrons. The van der Waals surface area contributed by atoms with Crippen LogP contribution in [0, 0.1) is 6.92 Å². The van der Waals surface area contributed by atoms with Gasteiger partial charge in [0.25, 0.3) is 0 Å². The van der Waals surface area contributed by atoms with Gasteiger partial charge < -0.3 is 5.11 Å². The molecule has 1 atom stereocenters. The van der Waals surface area contributed by atoms with E-state index in [0.717, 1.165) is 23.5 Å².